The molecule has 0 spiro atoms. The van der Waals surface area contributed by atoms with Gasteiger partial charge in [0.25, 0.3) is 0 Å². The topological polar surface area (TPSA) is 0 Å². The van der Waals surface area contributed by atoms with Crippen LogP contribution in [0, 0.1) is 0 Å². The summed E-state index contributed by atoms with van der Waals surface area (Å²) in [5.41, 5.74) is -0.757. The van der Waals surface area contributed by atoms with E-state index in [4.69, 9.17) is 69.0 Å². The summed E-state index contributed by atoms with van der Waals surface area (Å²) < 4.78 is 61.2. The van der Waals surface area contributed by atoms with E-state index in [0.717, 1.165) is 0 Å². The summed E-state index contributed by atoms with van der Waals surface area (Å²) in [7, 11) is 0. The molecule has 2 aromatic carbocycles. The maximum atomic E-state index is 8.14. The third-order valence-electron chi connectivity index (χ3n) is 2.19. The first-order chi connectivity index (χ1) is 12.2. The molecule has 2 rings (SSSR count). The van der Waals surface area contributed by atoms with Crippen LogP contribution in [0.15, 0.2) is 48.3 Å². The third kappa shape index (κ3) is 3.71. The van der Waals surface area contributed by atoms with Crippen LogP contribution in [0.2, 0.25) is 10.0 Å². The Morgan fingerprint density at radius 1 is 0.895 bits per heavy atom. The first-order valence-corrected chi connectivity index (χ1v) is 6.70. The fourth-order valence-corrected chi connectivity index (χ4v) is 2.38. The van der Waals surface area contributed by atoms with E-state index in [1.54, 1.807) is 0 Å². The number of rotatable bonds is 2. The predicted octanol–water partition coefficient (Wildman–Crippen LogP) is 6.50. The minimum absolute atomic E-state index is 0.356. The van der Waals surface area contributed by atoms with Crippen LogP contribution in [0.4, 0.5) is 0 Å². The van der Waals surface area contributed by atoms with Gasteiger partial charge in [0.05, 0.1) is 16.9 Å². The first kappa shape index (κ1) is 7.77. The van der Waals surface area contributed by atoms with E-state index >= 15 is 0 Å². The second-order valence-electron chi connectivity index (χ2n) is 3.43. The van der Waals surface area contributed by atoms with Gasteiger partial charge >= 0.3 is 0 Å². The molecule has 2 aromatic rings. The molecule has 0 nitrogen and oxygen atoms in total. The van der Waals surface area contributed by atoms with Crippen LogP contribution >= 0.6 is 58.0 Å². The molecule has 0 aliphatic rings. The quantitative estimate of drug-likeness (QED) is 0.535. The van der Waals surface area contributed by atoms with Crippen molar-refractivity contribution in [2.75, 3.05) is 0 Å². The largest absolute Gasteiger partial charge is 0.201 e. The standard InChI is InChI=1S/C14H9Cl5/c15-10-7-5-9(6-8-10)13(14(17,18)19)11-3-1-2-4-12(11)16/h1-8,13H/i1D,2D,3D,4D,5D,6D,7D,8D. The second kappa shape index (κ2) is 6.11. The van der Waals surface area contributed by atoms with Crippen LogP contribution in [-0.4, -0.2) is 3.79 Å². The Morgan fingerprint density at radius 3 is 2.05 bits per heavy atom. The minimum atomic E-state index is -2.32. The molecule has 1 atom stereocenters. The van der Waals surface area contributed by atoms with Crippen molar-refractivity contribution in [3.05, 3.63) is 69.5 Å². The monoisotopic (exact) mass is 360 g/mol. The van der Waals surface area contributed by atoms with Gasteiger partial charge in [0, 0.05) is 10.0 Å². The fraction of sp³-hybridized carbons (Fsp3) is 0.143. The van der Waals surface area contributed by atoms with Crippen molar-refractivity contribution in [3.8, 4) is 0 Å². The molecule has 1 unspecified atom stereocenters. The number of benzene rings is 2. The maximum absolute atomic E-state index is 8.14. The van der Waals surface area contributed by atoms with Gasteiger partial charge in [-0.1, -0.05) is 88.2 Å². The van der Waals surface area contributed by atoms with Gasteiger partial charge in [-0.2, -0.15) is 0 Å². The molecule has 0 aliphatic carbocycles. The Hall–Kier alpha value is -0.110. The fourth-order valence-electron chi connectivity index (χ4n) is 1.43. The van der Waals surface area contributed by atoms with E-state index in [9.17, 15) is 0 Å². The van der Waals surface area contributed by atoms with Crippen molar-refractivity contribution >= 4 is 58.0 Å². The molecule has 0 aromatic heterocycles. The minimum Gasteiger partial charge on any atom is -0.0843 e. The lowest BCUT2D eigenvalue weighted by molar-refractivity contribution is 0.839. The summed E-state index contributed by atoms with van der Waals surface area (Å²) >= 11 is 30.0. The van der Waals surface area contributed by atoms with Gasteiger partial charge in [-0.05, 0) is 29.3 Å². The number of alkyl halides is 3. The predicted molar refractivity (Wildman–Crippen MR) is 85.0 cm³/mol. The van der Waals surface area contributed by atoms with Gasteiger partial charge in [0.15, 0.2) is 0 Å². The lowest BCUT2D eigenvalue weighted by atomic mass is 9.92. The maximum Gasteiger partial charge on any atom is 0.201 e. The van der Waals surface area contributed by atoms with Crippen LogP contribution in [0.25, 0.3) is 0 Å². The molecule has 0 saturated carbocycles. The van der Waals surface area contributed by atoms with Crippen molar-refractivity contribution in [2.24, 2.45) is 0 Å². The van der Waals surface area contributed by atoms with Crippen LogP contribution in [0.5, 0.6) is 0 Å². The molecule has 100 valence electrons. The van der Waals surface area contributed by atoms with Crippen molar-refractivity contribution in [1.82, 2.24) is 0 Å². The van der Waals surface area contributed by atoms with E-state index in [1.807, 2.05) is 0 Å². The molecule has 0 amide bonds. The van der Waals surface area contributed by atoms with Crippen LogP contribution in [0.1, 0.15) is 28.0 Å². The third-order valence-corrected chi connectivity index (χ3v) is 3.33. The number of hydrogen-bond acceptors (Lipinski definition) is 0. The number of halogens is 5. The van der Waals surface area contributed by atoms with Gasteiger partial charge in [0.2, 0.25) is 3.79 Å². The summed E-state index contributed by atoms with van der Waals surface area (Å²) in [5, 5.41) is -0.887. The Morgan fingerprint density at radius 2 is 1.47 bits per heavy atom. The molecule has 0 heterocycles. The van der Waals surface area contributed by atoms with Crippen LogP contribution < -0.4 is 0 Å². The molecule has 0 saturated heterocycles. The Bertz CT molecular complexity index is 813. The van der Waals surface area contributed by atoms with Gasteiger partial charge in [0.1, 0.15) is 0 Å². The van der Waals surface area contributed by atoms with E-state index in [2.05, 4.69) is 0 Å². The van der Waals surface area contributed by atoms with Crippen molar-refractivity contribution in [1.29, 1.82) is 0 Å². The average Bonchev–Trinajstić information content (AvgIpc) is 2.59. The lowest BCUT2D eigenvalue weighted by Gasteiger charge is -2.26. The van der Waals surface area contributed by atoms with Crippen LogP contribution in [-0.2, 0) is 0 Å². The molecule has 0 N–H and O–H groups in total. The highest BCUT2D eigenvalue weighted by atomic mass is 35.6. The van der Waals surface area contributed by atoms with Crippen molar-refractivity contribution < 1.29 is 11.0 Å². The Kier molecular flexibility index (Phi) is 2.50. The molecule has 0 radical (unpaired) electrons. The Labute approximate surface area is 148 Å². The van der Waals surface area contributed by atoms with Gasteiger partial charge in [-0.3, -0.25) is 0 Å². The average molecular weight is 363 g/mol. The molecular weight excluding hydrogens is 345 g/mol. The Balaban J connectivity index is 3.04. The van der Waals surface area contributed by atoms with Gasteiger partial charge in [-0.25, -0.2) is 0 Å². The molecule has 5 heteroatoms. The summed E-state index contributed by atoms with van der Waals surface area (Å²) in [5.74, 6) is -1.62. The summed E-state index contributed by atoms with van der Waals surface area (Å²) in [6.07, 6.45) is 0. The van der Waals surface area contributed by atoms with E-state index in [-0.39, 0.29) is 5.56 Å². The summed E-state index contributed by atoms with van der Waals surface area (Å²) in [4.78, 5) is 0. The summed E-state index contributed by atoms with van der Waals surface area (Å²) in [6.45, 7) is 0. The lowest BCUT2D eigenvalue weighted by Crippen LogP contribution is -2.18. The van der Waals surface area contributed by atoms with E-state index < -0.39 is 73.7 Å². The first-order valence-electron chi connectivity index (χ1n) is 8.81. The van der Waals surface area contributed by atoms with E-state index in [0.29, 0.717) is 0 Å². The van der Waals surface area contributed by atoms with Crippen LogP contribution in [0.3, 0.4) is 0 Å². The van der Waals surface area contributed by atoms with Crippen molar-refractivity contribution in [3.63, 3.8) is 0 Å². The highest BCUT2D eigenvalue weighted by molar-refractivity contribution is 6.68. The zero-order valence-electron chi connectivity index (χ0n) is 17.0. The summed E-state index contributed by atoms with van der Waals surface area (Å²) in [6, 6.07) is -4.84. The molecule has 0 bridgehead atoms. The van der Waals surface area contributed by atoms with Crippen molar-refractivity contribution in [2.45, 2.75) is 9.71 Å². The molecule has 0 aliphatic heterocycles. The zero-order chi connectivity index (χ0) is 21.0. The zero-order valence-corrected chi connectivity index (χ0v) is 12.7. The molecule has 19 heavy (non-hydrogen) atoms. The highest BCUT2D eigenvalue weighted by Crippen LogP contribution is 2.47. The molecule has 0 fully saturated rings. The second-order valence-corrected chi connectivity index (χ2v) is 6.55. The number of hydrogen-bond donors (Lipinski definition) is 0. The SMILES string of the molecule is [2H]c1c([2H])c([2H])c(C(c2c([2H])c([2H])c(Cl)c([2H])c2[2H])C(Cl)(Cl)Cl)c(Cl)c1[2H]. The van der Waals surface area contributed by atoms with E-state index in [1.165, 1.54) is 0 Å². The van der Waals surface area contributed by atoms with Gasteiger partial charge in [-0.15, -0.1) is 0 Å². The van der Waals surface area contributed by atoms with Gasteiger partial charge < -0.3 is 0 Å². The smallest absolute Gasteiger partial charge is 0.0843 e. The molecular formula is C14H9Cl5. The normalized spacial score (nSPS) is 19.2. The highest BCUT2D eigenvalue weighted by Gasteiger charge is 2.36.